The predicted molar refractivity (Wildman–Crippen MR) is 145 cm³/mol. The van der Waals surface area contributed by atoms with Gasteiger partial charge in [0.05, 0.1) is 33.1 Å². The van der Waals surface area contributed by atoms with E-state index in [4.69, 9.17) is 28.2 Å². The Labute approximate surface area is 220 Å². The highest BCUT2D eigenvalue weighted by Gasteiger charge is 2.23. The number of hydrogen-bond acceptors (Lipinski definition) is 6. The molecule has 1 amide bonds. The van der Waals surface area contributed by atoms with Crippen LogP contribution in [0.2, 0.25) is 10.0 Å². The van der Waals surface area contributed by atoms with Crippen molar-refractivity contribution in [3.63, 3.8) is 0 Å². The standard InChI is InChI=1S/C25H20Cl2N4O2S2/c26-18-11-10-15(12-19(18)27)13-28-30-21(32)14-34-25-29-23-22(17-8-4-5-9-20(17)35-23)24(33)31(25)16-6-2-1-3-7-16/h1-3,6-7,10-13H,4-5,8-9,14H2,(H,30,32)/b28-13+. The summed E-state index contributed by atoms with van der Waals surface area (Å²) in [4.78, 5) is 33.0. The lowest BCUT2D eigenvalue weighted by Gasteiger charge is -2.13. The predicted octanol–water partition coefficient (Wildman–Crippen LogP) is 5.88. The number of aromatic nitrogens is 2. The van der Waals surface area contributed by atoms with Crippen molar-refractivity contribution >= 4 is 68.6 Å². The highest BCUT2D eigenvalue weighted by molar-refractivity contribution is 7.99. The fraction of sp³-hybridized carbons (Fsp3) is 0.200. The topological polar surface area (TPSA) is 76.3 Å². The van der Waals surface area contributed by atoms with E-state index in [0.717, 1.165) is 41.8 Å². The third-order valence-electron chi connectivity index (χ3n) is 5.65. The van der Waals surface area contributed by atoms with Crippen LogP contribution in [-0.4, -0.2) is 27.4 Å². The van der Waals surface area contributed by atoms with Crippen LogP contribution in [0, 0.1) is 0 Å². The molecule has 178 valence electrons. The first-order chi connectivity index (χ1) is 17.0. The van der Waals surface area contributed by atoms with Crippen LogP contribution in [0.25, 0.3) is 15.9 Å². The van der Waals surface area contributed by atoms with Gasteiger partial charge in [0, 0.05) is 4.88 Å². The lowest BCUT2D eigenvalue weighted by molar-refractivity contribution is -0.118. The summed E-state index contributed by atoms with van der Waals surface area (Å²) >= 11 is 14.7. The normalized spacial score (nSPS) is 13.3. The fourth-order valence-corrected chi connectivity index (χ4v) is 6.44. The second kappa shape index (κ2) is 10.5. The Morgan fingerprint density at radius 1 is 1.14 bits per heavy atom. The highest BCUT2D eigenvalue weighted by Crippen LogP contribution is 2.35. The van der Waals surface area contributed by atoms with Gasteiger partial charge in [-0.1, -0.05) is 59.2 Å². The van der Waals surface area contributed by atoms with Gasteiger partial charge in [-0.15, -0.1) is 11.3 Å². The molecular formula is C25H20Cl2N4O2S2. The summed E-state index contributed by atoms with van der Waals surface area (Å²) < 4.78 is 1.61. The van der Waals surface area contributed by atoms with Crippen molar-refractivity contribution in [2.24, 2.45) is 5.10 Å². The van der Waals surface area contributed by atoms with E-state index in [9.17, 15) is 9.59 Å². The van der Waals surface area contributed by atoms with Crippen molar-refractivity contribution in [1.82, 2.24) is 15.0 Å². The number of nitrogens with one attached hydrogen (secondary N) is 1. The average Bonchev–Trinajstić information content (AvgIpc) is 3.24. The van der Waals surface area contributed by atoms with Crippen LogP contribution in [0.4, 0.5) is 0 Å². The van der Waals surface area contributed by atoms with Crippen LogP contribution in [-0.2, 0) is 17.6 Å². The average molecular weight is 544 g/mol. The number of benzene rings is 2. The van der Waals surface area contributed by atoms with Crippen molar-refractivity contribution in [1.29, 1.82) is 0 Å². The maximum absolute atomic E-state index is 13.7. The van der Waals surface area contributed by atoms with Gasteiger partial charge >= 0.3 is 0 Å². The van der Waals surface area contributed by atoms with Gasteiger partial charge < -0.3 is 0 Å². The molecule has 1 N–H and O–H groups in total. The Kier molecular flexibility index (Phi) is 7.24. The van der Waals surface area contributed by atoms with Crippen molar-refractivity contribution in [3.05, 3.63) is 84.9 Å². The van der Waals surface area contributed by atoms with E-state index in [2.05, 4.69) is 10.5 Å². The first-order valence-corrected chi connectivity index (χ1v) is 13.6. The molecule has 0 spiro atoms. The van der Waals surface area contributed by atoms with Crippen LogP contribution in [0.3, 0.4) is 0 Å². The third-order valence-corrected chi connectivity index (χ3v) is 8.51. The minimum Gasteiger partial charge on any atom is -0.272 e. The van der Waals surface area contributed by atoms with Crippen LogP contribution < -0.4 is 11.0 Å². The molecule has 5 rings (SSSR count). The molecule has 2 aromatic heterocycles. The first kappa shape index (κ1) is 24.1. The van der Waals surface area contributed by atoms with Gasteiger partial charge in [0.15, 0.2) is 5.16 Å². The zero-order valence-corrected chi connectivity index (χ0v) is 21.6. The van der Waals surface area contributed by atoms with Gasteiger partial charge in [0.1, 0.15) is 4.83 Å². The smallest absolute Gasteiger partial charge is 0.267 e. The molecule has 10 heteroatoms. The molecule has 4 aromatic rings. The molecule has 35 heavy (non-hydrogen) atoms. The maximum Gasteiger partial charge on any atom is 0.267 e. The number of carbonyl (C=O) groups is 1. The second-order valence-electron chi connectivity index (χ2n) is 8.02. The minimum atomic E-state index is -0.314. The molecule has 0 saturated carbocycles. The number of rotatable bonds is 6. The molecule has 6 nitrogen and oxygen atoms in total. The molecule has 2 heterocycles. The van der Waals surface area contributed by atoms with Gasteiger partial charge in [-0.25, -0.2) is 10.4 Å². The second-order valence-corrected chi connectivity index (χ2v) is 10.9. The van der Waals surface area contributed by atoms with Crippen LogP contribution >= 0.6 is 46.3 Å². The van der Waals surface area contributed by atoms with Crippen molar-refractivity contribution in [2.75, 3.05) is 5.75 Å². The maximum atomic E-state index is 13.7. The van der Waals surface area contributed by atoms with E-state index < -0.39 is 0 Å². The minimum absolute atomic E-state index is 0.0502. The van der Waals surface area contributed by atoms with Gasteiger partial charge in [-0.05, 0) is 61.1 Å². The van der Waals surface area contributed by atoms with E-state index in [1.54, 1.807) is 34.1 Å². The van der Waals surface area contributed by atoms with E-state index in [1.165, 1.54) is 22.9 Å². The van der Waals surface area contributed by atoms with Crippen LogP contribution in [0.5, 0.6) is 0 Å². The van der Waals surface area contributed by atoms with Crippen molar-refractivity contribution in [3.8, 4) is 5.69 Å². The summed E-state index contributed by atoms with van der Waals surface area (Å²) in [6.07, 6.45) is 5.61. The Bertz CT molecular complexity index is 1500. The van der Waals surface area contributed by atoms with Gasteiger partial charge in [0.2, 0.25) is 0 Å². The van der Waals surface area contributed by atoms with E-state index in [-0.39, 0.29) is 17.2 Å². The number of aryl methyl sites for hydroxylation is 2. The zero-order valence-electron chi connectivity index (χ0n) is 18.5. The molecule has 1 aliphatic carbocycles. The number of thiophene rings is 1. The highest BCUT2D eigenvalue weighted by atomic mass is 35.5. The largest absolute Gasteiger partial charge is 0.272 e. The number of carbonyl (C=O) groups excluding carboxylic acids is 1. The molecule has 0 atom stereocenters. The number of fused-ring (bicyclic) bond motifs is 3. The molecule has 0 fully saturated rings. The molecule has 0 bridgehead atoms. The summed E-state index contributed by atoms with van der Waals surface area (Å²) in [6, 6.07) is 14.5. The summed E-state index contributed by atoms with van der Waals surface area (Å²) in [5.41, 5.74) is 5.00. The zero-order chi connectivity index (χ0) is 24.4. The van der Waals surface area contributed by atoms with Gasteiger partial charge in [-0.2, -0.15) is 5.10 Å². The van der Waals surface area contributed by atoms with Gasteiger partial charge in [0.25, 0.3) is 11.5 Å². The van der Waals surface area contributed by atoms with Gasteiger partial charge in [-0.3, -0.25) is 14.2 Å². The monoisotopic (exact) mass is 542 g/mol. The lowest BCUT2D eigenvalue weighted by atomic mass is 9.97. The number of para-hydroxylation sites is 1. The Hall–Kier alpha value is -2.65. The lowest BCUT2D eigenvalue weighted by Crippen LogP contribution is -2.24. The summed E-state index contributed by atoms with van der Waals surface area (Å²) in [7, 11) is 0. The summed E-state index contributed by atoms with van der Waals surface area (Å²) in [5, 5.41) is 6.05. The van der Waals surface area contributed by atoms with Crippen LogP contribution in [0.15, 0.2) is 63.6 Å². The number of halogens is 2. The SMILES string of the molecule is O=C(CSc1nc2sc3c(c2c(=O)n1-c1ccccc1)CCCC3)N/N=C/c1ccc(Cl)c(Cl)c1. The van der Waals surface area contributed by atoms with E-state index >= 15 is 0 Å². The van der Waals surface area contributed by atoms with E-state index in [0.29, 0.717) is 26.2 Å². The number of thioether (sulfide) groups is 1. The third kappa shape index (κ3) is 5.16. The number of hydrogen-bond donors (Lipinski definition) is 1. The molecular weight excluding hydrogens is 523 g/mol. The molecule has 0 saturated heterocycles. The molecule has 0 radical (unpaired) electrons. The summed E-state index contributed by atoms with van der Waals surface area (Å²) in [5.74, 6) is -0.264. The Morgan fingerprint density at radius 3 is 2.74 bits per heavy atom. The molecule has 0 unspecified atom stereocenters. The molecule has 0 aliphatic heterocycles. The van der Waals surface area contributed by atoms with Crippen molar-refractivity contribution < 1.29 is 4.79 Å². The number of amides is 1. The van der Waals surface area contributed by atoms with Crippen LogP contribution in [0.1, 0.15) is 28.8 Å². The molecule has 1 aliphatic rings. The quantitative estimate of drug-likeness (QED) is 0.143. The summed E-state index contributed by atoms with van der Waals surface area (Å²) in [6.45, 7) is 0. The molecule has 2 aromatic carbocycles. The number of nitrogens with zero attached hydrogens (tertiary/aromatic N) is 3. The van der Waals surface area contributed by atoms with Crippen molar-refractivity contribution in [2.45, 2.75) is 30.8 Å². The van der Waals surface area contributed by atoms with E-state index in [1.807, 2.05) is 30.3 Å². The first-order valence-electron chi connectivity index (χ1n) is 11.0. The number of hydrazone groups is 1. The fourth-order valence-electron chi connectivity index (χ4n) is 4.02. The Balaban J connectivity index is 1.40. The Morgan fingerprint density at radius 2 is 1.94 bits per heavy atom.